The lowest BCUT2D eigenvalue weighted by Crippen LogP contribution is -2.40. The van der Waals surface area contributed by atoms with E-state index in [0.717, 1.165) is 25.8 Å². The van der Waals surface area contributed by atoms with Gasteiger partial charge in [0.15, 0.2) is 0 Å². The van der Waals surface area contributed by atoms with Gasteiger partial charge in [-0.1, -0.05) is 6.92 Å². The number of hydrogen-bond acceptors (Lipinski definition) is 2. The largest absolute Gasteiger partial charge is 0.314 e. The van der Waals surface area contributed by atoms with Gasteiger partial charge in [-0.3, -0.25) is 4.68 Å². The number of hydrogen-bond donors (Lipinski definition) is 1. The van der Waals surface area contributed by atoms with Crippen LogP contribution in [0.1, 0.15) is 51.1 Å². The summed E-state index contributed by atoms with van der Waals surface area (Å²) in [5, 5.41) is 7.76. The molecule has 1 saturated carbocycles. The minimum atomic E-state index is -2.44. The second kappa shape index (κ2) is 7.34. The van der Waals surface area contributed by atoms with E-state index in [1.165, 1.54) is 5.69 Å². The van der Waals surface area contributed by atoms with E-state index in [4.69, 9.17) is 0 Å². The zero-order valence-corrected chi connectivity index (χ0v) is 13.1. The highest BCUT2D eigenvalue weighted by Crippen LogP contribution is 2.38. The summed E-state index contributed by atoms with van der Waals surface area (Å²) in [7, 11) is 1.95. The minimum Gasteiger partial charge on any atom is -0.314 e. The van der Waals surface area contributed by atoms with Crippen molar-refractivity contribution in [3.8, 4) is 0 Å². The molecular formula is C16H27F2N3. The first kappa shape index (κ1) is 16.4. The van der Waals surface area contributed by atoms with Crippen molar-refractivity contribution in [2.45, 2.75) is 63.8 Å². The van der Waals surface area contributed by atoms with Crippen LogP contribution in [0, 0.1) is 5.92 Å². The van der Waals surface area contributed by atoms with Gasteiger partial charge in [-0.25, -0.2) is 8.78 Å². The van der Waals surface area contributed by atoms with Crippen molar-refractivity contribution in [2.75, 3.05) is 6.54 Å². The molecule has 5 heteroatoms. The summed E-state index contributed by atoms with van der Waals surface area (Å²) in [6.45, 7) is 3.10. The van der Waals surface area contributed by atoms with Gasteiger partial charge < -0.3 is 5.32 Å². The number of halogens is 2. The molecule has 2 rings (SSSR count). The second-order valence-corrected chi connectivity index (χ2v) is 6.24. The first-order chi connectivity index (χ1) is 10.0. The molecule has 0 saturated heterocycles. The lowest BCUT2D eigenvalue weighted by molar-refractivity contribution is -0.0498. The molecule has 1 N–H and O–H groups in total. The van der Waals surface area contributed by atoms with Crippen LogP contribution in [-0.4, -0.2) is 28.3 Å². The van der Waals surface area contributed by atoms with Crippen LogP contribution in [0.3, 0.4) is 0 Å². The normalized spacial score (nSPS) is 20.6. The molecule has 0 amide bonds. The summed E-state index contributed by atoms with van der Waals surface area (Å²) in [6.07, 6.45) is 6.21. The molecular weight excluding hydrogens is 272 g/mol. The van der Waals surface area contributed by atoms with E-state index in [0.29, 0.717) is 24.8 Å². The Kier molecular flexibility index (Phi) is 5.73. The molecule has 1 aliphatic carbocycles. The van der Waals surface area contributed by atoms with E-state index in [-0.39, 0.29) is 12.8 Å². The smallest absolute Gasteiger partial charge is 0.248 e. The van der Waals surface area contributed by atoms with Crippen LogP contribution in [0.4, 0.5) is 8.78 Å². The SMILES string of the molecule is CCCNC(CCc1ccnn1C)C1CCC(F)(F)CC1. The Bertz CT molecular complexity index is 421. The van der Waals surface area contributed by atoms with E-state index in [2.05, 4.69) is 17.3 Å². The van der Waals surface area contributed by atoms with Crippen LogP contribution in [-0.2, 0) is 13.5 Å². The van der Waals surface area contributed by atoms with Gasteiger partial charge in [-0.2, -0.15) is 5.10 Å². The molecule has 21 heavy (non-hydrogen) atoms. The Balaban J connectivity index is 1.90. The third-order valence-corrected chi connectivity index (χ3v) is 4.62. The van der Waals surface area contributed by atoms with Crippen molar-refractivity contribution in [3.63, 3.8) is 0 Å². The van der Waals surface area contributed by atoms with Crippen LogP contribution in [0.25, 0.3) is 0 Å². The number of alkyl halides is 2. The van der Waals surface area contributed by atoms with Crippen molar-refractivity contribution in [1.29, 1.82) is 0 Å². The number of nitrogens with zero attached hydrogens (tertiary/aromatic N) is 2. The molecule has 0 aromatic carbocycles. The van der Waals surface area contributed by atoms with Crippen LogP contribution in [0.2, 0.25) is 0 Å². The average molecular weight is 299 g/mol. The summed E-state index contributed by atoms with van der Waals surface area (Å²) < 4.78 is 28.5. The minimum absolute atomic E-state index is 0.0493. The van der Waals surface area contributed by atoms with Gasteiger partial charge in [0.2, 0.25) is 5.92 Å². The van der Waals surface area contributed by atoms with E-state index >= 15 is 0 Å². The van der Waals surface area contributed by atoms with Gasteiger partial charge in [0.25, 0.3) is 0 Å². The van der Waals surface area contributed by atoms with Crippen molar-refractivity contribution in [3.05, 3.63) is 18.0 Å². The Morgan fingerprint density at radius 1 is 1.43 bits per heavy atom. The number of aryl methyl sites for hydroxylation is 2. The standard InChI is InChI=1S/C16H27F2N3/c1-3-11-19-15(5-4-14-8-12-20-21(14)2)13-6-9-16(17,18)10-7-13/h8,12-13,15,19H,3-7,9-11H2,1-2H3. The van der Waals surface area contributed by atoms with Crippen LogP contribution >= 0.6 is 0 Å². The van der Waals surface area contributed by atoms with Gasteiger partial charge >= 0.3 is 0 Å². The molecule has 0 aliphatic heterocycles. The average Bonchev–Trinajstić information content (AvgIpc) is 2.85. The first-order valence-corrected chi connectivity index (χ1v) is 8.10. The predicted octanol–water partition coefficient (Wildman–Crippen LogP) is 3.55. The van der Waals surface area contributed by atoms with Crippen molar-refractivity contribution >= 4 is 0 Å². The maximum Gasteiger partial charge on any atom is 0.248 e. The Morgan fingerprint density at radius 3 is 2.71 bits per heavy atom. The molecule has 1 fully saturated rings. The molecule has 1 aliphatic rings. The summed E-state index contributed by atoms with van der Waals surface area (Å²) in [5.41, 5.74) is 1.21. The van der Waals surface area contributed by atoms with E-state index in [1.54, 1.807) is 0 Å². The monoisotopic (exact) mass is 299 g/mol. The third-order valence-electron chi connectivity index (χ3n) is 4.62. The lowest BCUT2D eigenvalue weighted by Gasteiger charge is -2.34. The predicted molar refractivity (Wildman–Crippen MR) is 80.5 cm³/mol. The highest BCUT2D eigenvalue weighted by Gasteiger charge is 2.37. The number of rotatable bonds is 7. The maximum atomic E-state index is 13.3. The molecule has 1 atom stereocenters. The van der Waals surface area contributed by atoms with E-state index in [1.807, 2.05) is 24.0 Å². The zero-order valence-electron chi connectivity index (χ0n) is 13.1. The van der Waals surface area contributed by atoms with Crippen molar-refractivity contribution < 1.29 is 8.78 Å². The van der Waals surface area contributed by atoms with Gasteiger partial charge in [0.05, 0.1) is 0 Å². The van der Waals surface area contributed by atoms with Crippen LogP contribution in [0.5, 0.6) is 0 Å². The topological polar surface area (TPSA) is 29.9 Å². The summed E-state index contributed by atoms with van der Waals surface area (Å²) in [5.74, 6) is -2.06. The van der Waals surface area contributed by atoms with Gasteiger partial charge in [0, 0.05) is 37.8 Å². The van der Waals surface area contributed by atoms with Crippen LogP contribution in [0.15, 0.2) is 12.3 Å². The number of nitrogens with one attached hydrogen (secondary N) is 1. The van der Waals surface area contributed by atoms with Gasteiger partial charge in [-0.05, 0) is 50.6 Å². The quantitative estimate of drug-likeness (QED) is 0.834. The molecule has 3 nitrogen and oxygen atoms in total. The van der Waals surface area contributed by atoms with Crippen LogP contribution < -0.4 is 5.32 Å². The zero-order chi connectivity index (χ0) is 15.3. The molecule has 0 spiro atoms. The highest BCUT2D eigenvalue weighted by atomic mass is 19.3. The van der Waals surface area contributed by atoms with Gasteiger partial charge in [-0.15, -0.1) is 0 Å². The molecule has 120 valence electrons. The first-order valence-electron chi connectivity index (χ1n) is 8.10. The molecule has 1 unspecified atom stereocenters. The summed E-state index contributed by atoms with van der Waals surface area (Å²) >= 11 is 0. The third kappa shape index (κ3) is 4.77. The Morgan fingerprint density at radius 2 is 2.14 bits per heavy atom. The number of aromatic nitrogens is 2. The Labute approximate surface area is 126 Å². The summed E-state index contributed by atoms with van der Waals surface area (Å²) in [6, 6.07) is 2.38. The summed E-state index contributed by atoms with van der Waals surface area (Å²) in [4.78, 5) is 0. The second-order valence-electron chi connectivity index (χ2n) is 6.24. The molecule has 1 aromatic heterocycles. The van der Waals surface area contributed by atoms with E-state index in [9.17, 15) is 8.78 Å². The van der Waals surface area contributed by atoms with Crippen molar-refractivity contribution in [1.82, 2.24) is 15.1 Å². The lowest BCUT2D eigenvalue weighted by atomic mass is 9.80. The molecule has 0 radical (unpaired) electrons. The molecule has 0 bridgehead atoms. The fourth-order valence-electron chi connectivity index (χ4n) is 3.25. The fraction of sp³-hybridized carbons (Fsp3) is 0.812. The maximum absolute atomic E-state index is 13.3. The Hall–Kier alpha value is -0.970. The molecule has 1 heterocycles. The fourth-order valence-corrected chi connectivity index (χ4v) is 3.25. The van der Waals surface area contributed by atoms with Gasteiger partial charge in [0.1, 0.15) is 0 Å². The molecule has 1 aromatic rings. The highest BCUT2D eigenvalue weighted by molar-refractivity contribution is 5.01. The van der Waals surface area contributed by atoms with E-state index < -0.39 is 5.92 Å². The van der Waals surface area contributed by atoms with Crippen molar-refractivity contribution in [2.24, 2.45) is 13.0 Å².